The lowest BCUT2D eigenvalue weighted by Crippen LogP contribution is -3.00. The van der Waals surface area contributed by atoms with Crippen molar-refractivity contribution < 1.29 is 16.9 Å². The SMILES string of the molecule is CCCCCC[N+](CCCC)(CCCC)Cc1ccccc1.[Cl-]. The third kappa shape index (κ3) is 9.37. The average Bonchev–Trinajstić information content (AvgIpc) is 2.56. The molecule has 0 spiro atoms. The number of hydrogen-bond acceptors (Lipinski definition) is 0. The molecule has 0 N–H and O–H groups in total. The van der Waals surface area contributed by atoms with Crippen molar-refractivity contribution in [3.8, 4) is 0 Å². The smallest absolute Gasteiger partial charge is 0.104 e. The minimum Gasteiger partial charge on any atom is -1.00 e. The summed E-state index contributed by atoms with van der Waals surface area (Å²) < 4.78 is 1.31. The van der Waals surface area contributed by atoms with Gasteiger partial charge in [0, 0.05) is 5.56 Å². The van der Waals surface area contributed by atoms with E-state index in [0.29, 0.717) is 0 Å². The van der Waals surface area contributed by atoms with Crippen LogP contribution in [0, 0.1) is 0 Å². The van der Waals surface area contributed by atoms with Crippen LogP contribution in [0.3, 0.4) is 0 Å². The molecule has 0 amide bonds. The first-order valence-corrected chi connectivity index (χ1v) is 9.65. The van der Waals surface area contributed by atoms with Crippen LogP contribution in [0.15, 0.2) is 30.3 Å². The van der Waals surface area contributed by atoms with Crippen molar-refractivity contribution >= 4 is 0 Å². The third-order valence-electron chi connectivity index (χ3n) is 4.82. The molecule has 0 saturated carbocycles. The molecule has 0 aliphatic carbocycles. The van der Waals surface area contributed by atoms with Crippen molar-refractivity contribution in [1.29, 1.82) is 0 Å². The van der Waals surface area contributed by atoms with Gasteiger partial charge in [-0.25, -0.2) is 0 Å². The van der Waals surface area contributed by atoms with Crippen LogP contribution in [0.5, 0.6) is 0 Å². The Morgan fingerprint density at radius 3 is 1.70 bits per heavy atom. The minimum absolute atomic E-state index is 0. The van der Waals surface area contributed by atoms with Crippen molar-refractivity contribution in [1.82, 2.24) is 0 Å². The molecule has 0 radical (unpaired) electrons. The van der Waals surface area contributed by atoms with E-state index in [4.69, 9.17) is 0 Å². The van der Waals surface area contributed by atoms with E-state index in [9.17, 15) is 0 Å². The summed E-state index contributed by atoms with van der Waals surface area (Å²) in [5.74, 6) is 0. The topological polar surface area (TPSA) is 0 Å². The number of quaternary nitrogens is 1. The van der Waals surface area contributed by atoms with Gasteiger partial charge in [0.1, 0.15) is 6.54 Å². The molecule has 0 unspecified atom stereocenters. The van der Waals surface area contributed by atoms with Crippen LogP contribution in [0.1, 0.15) is 77.7 Å². The van der Waals surface area contributed by atoms with E-state index in [1.807, 2.05) is 0 Å². The van der Waals surface area contributed by atoms with Crippen molar-refractivity contribution in [2.45, 2.75) is 78.7 Å². The molecule has 0 atom stereocenters. The Labute approximate surface area is 151 Å². The molecular formula is C21H38ClN. The molecule has 0 heterocycles. The van der Waals surface area contributed by atoms with E-state index in [2.05, 4.69) is 51.1 Å². The average molecular weight is 340 g/mol. The van der Waals surface area contributed by atoms with Crippen molar-refractivity contribution in [2.24, 2.45) is 0 Å². The monoisotopic (exact) mass is 339 g/mol. The fraction of sp³-hybridized carbons (Fsp3) is 0.714. The maximum absolute atomic E-state index is 2.33. The Balaban J connectivity index is 0.00000484. The molecular weight excluding hydrogens is 302 g/mol. The van der Waals surface area contributed by atoms with Gasteiger partial charge in [0.2, 0.25) is 0 Å². The second-order valence-corrected chi connectivity index (χ2v) is 6.92. The van der Waals surface area contributed by atoms with Gasteiger partial charge < -0.3 is 16.9 Å². The van der Waals surface area contributed by atoms with Crippen molar-refractivity contribution in [3.63, 3.8) is 0 Å². The summed E-state index contributed by atoms with van der Waals surface area (Å²) in [5.41, 5.74) is 1.52. The van der Waals surface area contributed by atoms with E-state index in [-0.39, 0.29) is 12.4 Å². The van der Waals surface area contributed by atoms with E-state index >= 15 is 0 Å². The van der Waals surface area contributed by atoms with Crippen molar-refractivity contribution in [2.75, 3.05) is 19.6 Å². The first kappa shape index (κ1) is 22.5. The zero-order valence-electron chi connectivity index (χ0n) is 15.7. The van der Waals surface area contributed by atoms with Crippen molar-refractivity contribution in [3.05, 3.63) is 35.9 Å². The minimum atomic E-state index is 0. The largest absolute Gasteiger partial charge is 1.00 e. The predicted octanol–water partition coefficient (Wildman–Crippen LogP) is 3.19. The highest BCUT2D eigenvalue weighted by Crippen LogP contribution is 2.20. The Morgan fingerprint density at radius 2 is 1.17 bits per heavy atom. The van der Waals surface area contributed by atoms with Crippen LogP contribution in [-0.4, -0.2) is 24.1 Å². The standard InChI is InChI=1S/C21H38N.ClH/c1-4-7-10-14-19-22(17-8-5-2,18-9-6-3)20-21-15-12-11-13-16-21;/h11-13,15-16H,4-10,14,17-20H2,1-3H3;1H/q+1;/p-1. The number of halogens is 1. The van der Waals surface area contributed by atoms with Gasteiger partial charge in [-0.3, -0.25) is 0 Å². The second kappa shape index (κ2) is 13.9. The maximum atomic E-state index is 2.33. The second-order valence-electron chi connectivity index (χ2n) is 6.92. The molecule has 1 aromatic carbocycles. The van der Waals surface area contributed by atoms with Gasteiger partial charge in [-0.1, -0.05) is 76.8 Å². The highest BCUT2D eigenvalue weighted by molar-refractivity contribution is 5.13. The fourth-order valence-electron chi connectivity index (χ4n) is 3.40. The molecule has 0 fully saturated rings. The summed E-state index contributed by atoms with van der Waals surface area (Å²) >= 11 is 0. The van der Waals surface area contributed by atoms with Crippen LogP contribution in [0.2, 0.25) is 0 Å². The van der Waals surface area contributed by atoms with Gasteiger partial charge in [0.25, 0.3) is 0 Å². The quantitative estimate of drug-likeness (QED) is 0.382. The summed E-state index contributed by atoms with van der Waals surface area (Å²) in [6, 6.07) is 11.2. The van der Waals surface area contributed by atoms with Gasteiger partial charge in [0.15, 0.2) is 0 Å². The van der Waals surface area contributed by atoms with E-state index in [1.54, 1.807) is 0 Å². The molecule has 0 bridgehead atoms. The molecule has 1 aromatic rings. The Hall–Kier alpha value is -0.530. The van der Waals surface area contributed by atoms with Crippen LogP contribution >= 0.6 is 0 Å². The van der Waals surface area contributed by atoms with Crippen LogP contribution in [-0.2, 0) is 6.54 Å². The molecule has 2 heteroatoms. The molecule has 1 nitrogen and oxygen atoms in total. The Morgan fingerprint density at radius 1 is 0.652 bits per heavy atom. The lowest BCUT2D eigenvalue weighted by atomic mass is 10.1. The Kier molecular flexibility index (Phi) is 13.5. The maximum Gasteiger partial charge on any atom is 0.104 e. The van der Waals surface area contributed by atoms with Crippen LogP contribution in [0.25, 0.3) is 0 Å². The van der Waals surface area contributed by atoms with E-state index in [1.165, 1.54) is 87.6 Å². The molecule has 1 rings (SSSR count). The van der Waals surface area contributed by atoms with Gasteiger partial charge >= 0.3 is 0 Å². The number of unbranched alkanes of at least 4 members (excludes halogenated alkanes) is 5. The number of hydrogen-bond donors (Lipinski definition) is 0. The lowest BCUT2D eigenvalue weighted by Gasteiger charge is -2.39. The predicted molar refractivity (Wildman–Crippen MR) is 99.0 cm³/mol. The van der Waals surface area contributed by atoms with Gasteiger partial charge in [-0.2, -0.15) is 0 Å². The van der Waals surface area contributed by atoms with E-state index < -0.39 is 0 Å². The van der Waals surface area contributed by atoms with Crippen LogP contribution in [0.4, 0.5) is 0 Å². The zero-order valence-corrected chi connectivity index (χ0v) is 16.5. The first-order chi connectivity index (χ1) is 10.8. The number of nitrogens with zero attached hydrogens (tertiary/aromatic N) is 1. The first-order valence-electron chi connectivity index (χ1n) is 9.65. The molecule has 0 saturated heterocycles. The summed E-state index contributed by atoms with van der Waals surface area (Å²) in [7, 11) is 0. The molecule has 134 valence electrons. The third-order valence-corrected chi connectivity index (χ3v) is 4.82. The number of benzene rings is 1. The summed E-state index contributed by atoms with van der Waals surface area (Å²) in [6.07, 6.45) is 10.9. The highest BCUT2D eigenvalue weighted by Gasteiger charge is 2.26. The number of rotatable bonds is 13. The van der Waals surface area contributed by atoms with E-state index in [0.717, 1.165) is 0 Å². The molecule has 0 aliphatic heterocycles. The van der Waals surface area contributed by atoms with Gasteiger partial charge in [-0.15, -0.1) is 0 Å². The zero-order chi connectivity index (χ0) is 16.1. The van der Waals surface area contributed by atoms with Gasteiger partial charge in [-0.05, 0) is 25.7 Å². The lowest BCUT2D eigenvalue weighted by molar-refractivity contribution is -0.941. The highest BCUT2D eigenvalue weighted by atomic mass is 35.5. The normalized spacial score (nSPS) is 11.3. The van der Waals surface area contributed by atoms with Gasteiger partial charge in [0.05, 0.1) is 19.6 Å². The molecule has 0 aromatic heterocycles. The molecule has 0 aliphatic rings. The van der Waals surface area contributed by atoms with Crippen LogP contribution < -0.4 is 12.4 Å². The Bertz CT molecular complexity index is 355. The molecule has 23 heavy (non-hydrogen) atoms. The fourth-order valence-corrected chi connectivity index (χ4v) is 3.40. The summed E-state index contributed by atoms with van der Waals surface area (Å²) in [5, 5.41) is 0. The summed E-state index contributed by atoms with van der Waals surface area (Å²) in [4.78, 5) is 0. The summed E-state index contributed by atoms with van der Waals surface area (Å²) in [6.45, 7) is 12.3.